The molecule has 0 fully saturated rings. The van der Waals surface area contributed by atoms with Gasteiger partial charge in [0.25, 0.3) is 0 Å². The number of rotatable bonds is 1. The molecule has 0 nitrogen and oxygen atoms in total. The molecule has 0 saturated heterocycles. The zero-order chi connectivity index (χ0) is 18.4. The Morgan fingerprint density at radius 3 is 2.00 bits per heavy atom. The van der Waals surface area contributed by atoms with E-state index in [1.54, 1.807) is 0 Å². The Bertz CT molecular complexity index is 651. The van der Waals surface area contributed by atoms with E-state index < -0.39 is 0 Å². The fourth-order valence-corrected chi connectivity index (χ4v) is 3.57. The summed E-state index contributed by atoms with van der Waals surface area (Å²) in [5.41, 5.74) is 4.79. The minimum atomic E-state index is 0.0160. The van der Waals surface area contributed by atoms with Gasteiger partial charge in [-0.25, -0.2) is 0 Å². The highest BCUT2D eigenvalue weighted by Gasteiger charge is 2.44. The molecule has 0 heterocycles. The largest absolute Gasteiger partial charge is 0.0731 e. The lowest BCUT2D eigenvalue weighted by Gasteiger charge is -2.47. The molecule has 1 unspecified atom stereocenters. The Labute approximate surface area is 150 Å². The van der Waals surface area contributed by atoms with Crippen LogP contribution >= 0.6 is 0 Å². The lowest BCUT2D eigenvalue weighted by atomic mass is 9.56. The van der Waals surface area contributed by atoms with Gasteiger partial charge in [0.05, 0.1) is 0 Å². The third kappa shape index (κ3) is 3.53. The Hall–Kier alpha value is -1.30. The third-order valence-corrected chi connectivity index (χ3v) is 5.62. The first-order valence-corrected chi connectivity index (χ1v) is 9.18. The molecule has 131 valence electrons. The molecule has 0 amide bonds. The van der Waals surface area contributed by atoms with Gasteiger partial charge >= 0.3 is 0 Å². The second-order valence-electron chi connectivity index (χ2n) is 10.5. The van der Waals surface area contributed by atoms with Gasteiger partial charge in [-0.1, -0.05) is 104 Å². The summed E-state index contributed by atoms with van der Waals surface area (Å²) in [6.07, 6.45) is 8.11. The van der Waals surface area contributed by atoms with Gasteiger partial charge in [0.2, 0.25) is 0 Å². The van der Waals surface area contributed by atoms with E-state index in [2.05, 4.69) is 105 Å². The summed E-state index contributed by atoms with van der Waals surface area (Å²) in [6, 6.07) is 10.2. The molecule has 1 aliphatic rings. The summed E-state index contributed by atoms with van der Waals surface area (Å²) in [4.78, 5) is 0. The Morgan fingerprint density at radius 2 is 1.50 bits per heavy atom. The molecule has 24 heavy (non-hydrogen) atoms. The highest BCUT2D eigenvalue weighted by atomic mass is 14.5. The quantitative estimate of drug-likeness (QED) is 0.522. The molecule has 1 aromatic carbocycles. The summed E-state index contributed by atoms with van der Waals surface area (Å²) in [7, 11) is 0. The zero-order valence-electron chi connectivity index (χ0n) is 17.2. The fourth-order valence-electron chi connectivity index (χ4n) is 3.57. The van der Waals surface area contributed by atoms with Crippen molar-refractivity contribution in [2.24, 2.45) is 10.8 Å². The van der Waals surface area contributed by atoms with Gasteiger partial charge in [0.1, 0.15) is 0 Å². The molecule has 1 aliphatic carbocycles. The average molecular weight is 324 g/mol. The molecule has 1 atom stereocenters. The molecule has 0 aromatic heterocycles. The van der Waals surface area contributed by atoms with Crippen molar-refractivity contribution in [1.29, 1.82) is 0 Å². The molecule has 0 bridgehead atoms. The van der Waals surface area contributed by atoms with Crippen LogP contribution in [0.25, 0.3) is 0 Å². The normalized spacial score (nSPS) is 22.5. The van der Waals surface area contributed by atoms with E-state index in [4.69, 9.17) is 0 Å². The van der Waals surface area contributed by atoms with Crippen molar-refractivity contribution in [2.45, 2.75) is 79.6 Å². The van der Waals surface area contributed by atoms with Gasteiger partial charge in [-0.15, -0.1) is 0 Å². The standard InChI is InChI=1S/C24H35/c1-21(2,3)18-12-10-13-19(16-18)24(23(7,8)9)15-11-14-20(17-24)22(4,5)6/h11-16H,17H2,1-9H3. The Kier molecular flexibility index (Phi) is 4.68. The Balaban J connectivity index is 2.61. The lowest BCUT2D eigenvalue weighted by molar-refractivity contribution is 0.221. The minimum absolute atomic E-state index is 0.0160. The molecule has 0 N–H and O–H groups in total. The maximum absolute atomic E-state index is 3.43. The van der Waals surface area contributed by atoms with E-state index >= 15 is 0 Å². The maximum atomic E-state index is 3.43. The predicted molar refractivity (Wildman–Crippen MR) is 106 cm³/mol. The molecule has 0 spiro atoms. The number of hydrogen-bond donors (Lipinski definition) is 0. The van der Waals surface area contributed by atoms with Gasteiger partial charge in [-0.2, -0.15) is 0 Å². The van der Waals surface area contributed by atoms with Crippen molar-refractivity contribution in [2.75, 3.05) is 0 Å². The minimum Gasteiger partial charge on any atom is -0.0731 e. The second kappa shape index (κ2) is 5.90. The summed E-state index contributed by atoms with van der Waals surface area (Å²) >= 11 is 0. The van der Waals surface area contributed by atoms with Crippen LogP contribution < -0.4 is 0 Å². The van der Waals surface area contributed by atoms with Crippen molar-refractivity contribution in [3.63, 3.8) is 0 Å². The Morgan fingerprint density at radius 1 is 0.875 bits per heavy atom. The van der Waals surface area contributed by atoms with Gasteiger partial charge in [0, 0.05) is 5.41 Å². The first-order valence-electron chi connectivity index (χ1n) is 9.18. The third-order valence-electron chi connectivity index (χ3n) is 5.62. The molecule has 2 rings (SSSR count). The molecule has 0 heteroatoms. The average Bonchev–Trinajstić information content (AvgIpc) is 2.44. The van der Waals surface area contributed by atoms with Gasteiger partial charge in [-0.05, 0) is 39.9 Å². The number of benzene rings is 1. The molecule has 0 saturated carbocycles. The molecular weight excluding hydrogens is 288 g/mol. The van der Waals surface area contributed by atoms with E-state index in [0.717, 1.165) is 6.42 Å². The number of hydrogen-bond acceptors (Lipinski definition) is 0. The summed E-state index contributed by atoms with van der Waals surface area (Å²) < 4.78 is 0. The summed E-state index contributed by atoms with van der Waals surface area (Å²) in [6.45, 7) is 20.9. The maximum Gasteiger partial charge on any atom is 0.0221 e. The van der Waals surface area contributed by atoms with E-state index in [1.807, 2.05) is 0 Å². The zero-order valence-corrected chi connectivity index (χ0v) is 17.2. The SMILES string of the molecule is CC(C)(C)C1=CC=CC(c2c[c]cc(C(C)(C)C)c2)(C(C)(C)C)C1. The second-order valence-corrected chi connectivity index (χ2v) is 10.5. The van der Waals surface area contributed by atoms with Gasteiger partial charge in [0.15, 0.2) is 0 Å². The van der Waals surface area contributed by atoms with Crippen LogP contribution in [-0.2, 0) is 10.8 Å². The molecule has 1 radical (unpaired) electrons. The van der Waals surface area contributed by atoms with Crippen LogP contribution in [0.5, 0.6) is 0 Å². The summed E-state index contributed by atoms with van der Waals surface area (Å²) in [5.74, 6) is 0. The van der Waals surface area contributed by atoms with Crippen LogP contribution in [-0.4, -0.2) is 0 Å². The van der Waals surface area contributed by atoms with E-state index in [9.17, 15) is 0 Å². The van der Waals surface area contributed by atoms with Crippen LogP contribution in [0.15, 0.2) is 42.0 Å². The van der Waals surface area contributed by atoms with Gasteiger partial charge < -0.3 is 0 Å². The molecule has 1 aromatic rings. The number of allylic oxidation sites excluding steroid dienone is 4. The fraction of sp³-hybridized carbons (Fsp3) is 0.583. The van der Waals surface area contributed by atoms with Gasteiger partial charge in [-0.3, -0.25) is 0 Å². The summed E-state index contributed by atoms with van der Waals surface area (Å²) in [5, 5.41) is 0. The first kappa shape index (κ1) is 19.0. The van der Waals surface area contributed by atoms with E-state index in [1.165, 1.54) is 16.7 Å². The van der Waals surface area contributed by atoms with Crippen LogP contribution in [0.2, 0.25) is 0 Å². The van der Waals surface area contributed by atoms with Crippen LogP contribution in [0, 0.1) is 16.9 Å². The van der Waals surface area contributed by atoms with Crippen molar-refractivity contribution in [1.82, 2.24) is 0 Å². The van der Waals surface area contributed by atoms with Crippen molar-refractivity contribution in [3.8, 4) is 0 Å². The van der Waals surface area contributed by atoms with Crippen LogP contribution in [0.3, 0.4) is 0 Å². The topological polar surface area (TPSA) is 0 Å². The highest BCUT2D eigenvalue weighted by molar-refractivity contribution is 5.44. The van der Waals surface area contributed by atoms with Crippen molar-refractivity contribution >= 4 is 0 Å². The highest BCUT2D eigenvalue weighted by Crippen LogP contribution is 2.51. The monoisotopic (exact) mass is 323 g/mol. The van der Waals surface area contributed by atoms with Crippen molar-refractivity contribution < 1.29 is 0 Å². The smallest absolute Gasteiger partial charge is 0.0221 e. The van der Waals surface area contributed by atoms with E-state index in [0.29, 0.717) is 0 Å². The molecular formula is C24H35. The lowest BCUT2D eigenvalue weighted by Crippen LogP contribution is -2.41. The van der Waals surface area contributed by atoms with E-state index in [-0.39, 0.29) is 21.7 Å². The van der Waals surface area contributed by atoms with Crippen LogP contribution in [0.4, 0.5) is 0 Å². The first-order chi connectivity index (χ1) is 10.8. The predicted octanol–water partition coefficient (Wildman–Crippen LogP) is 7.00. The molecule has 0 aliphatic heterocycles. The van der Waals surface area contributed by atoms with Crippen LogP contribution in [0.1, 0.15) is 79.9 Å². The van der Waals surface area contributed by atoms with Crippen molar-refractivity contribution in [3.05, 3.63) is 59.2 Å².